The van der Waals surface area contributed by atoms with Crippen molar-refractivity contribution in [2.24, 2.45) is 0 Å². The zero-order valence-electron chi connectivity index (χ0n) is 6.30. The normalized spacial score (nSPS) is 9.00. The summed E-state index contributed by atoms with van der Waals surface area (Å²) in [7, 11) is 0. The van der Waals surface area contributed by atoms with E-state index in [0.29, 0.717) is 5.82 Å². The molecular formula is C7H7N3O2. The van der Waals surface area contributed by atoms with Gasteiger partial charge in [0.15, 0.2) is 12.4 Å². The third-order valence-corrected chi connectivity index (χ3v) is 1.06. The largest absolute Gasteiger partial charge is 0.454 e. The highest BCUT2D eigenvalue weighted by molar-refractivity contribution is 5.81. The average molecular weight is 165 g/mol. The summed E-state index contributed by atoms with van der Waals surface area (Å²) in [5.74, 6) is -0.0735. The monoisotopic (exact) mass is 165 g/mol. The summed E-state index contributed by atoms with van der Waals surface area (Å²) in [6.07, 6.45) is 3.76. The molecule has 0 aromatic carbocycles. The Morgan fingerprint density at radius 3 is 2.83 bits per heavy atom. The van der Waals surface area contributed by atoms with Gasteiger partial charge in [-0.15, -0.1) is 0 Å². The minimum absolute atomic E-state index is 0.0490. The zero-order chi connectivity index (χ0) is 8.81. The average Bonchev–Trinajstić information content (AvgIpc) is 2.16. The van der Waals surface area contributed by atoms with Crippen LogP contribution in [0.5, 0.6) is 0 Å². The molecule has 62 valence electrons. The summed E-state index contributed by atoms with van der Waals surface area (Å²) in [6, 6.07) is 0. The van der Waals surface area contributed by atoms with Crippen molar-refractivity contribution in [3.63, 3.8) is 0 Å². The summed E-state index contributed by atoms with van der Waals surface area (Å²) in [5, 5.41) is 0. The maximum absolute atomic E-state index is 10.6. The molecule has 0 radical (unpaired) electrons. The number of rotatable bonds is 3. The number of esters is 1. The molecule has 0 N–H and O–H groups in total. The standard InChI is InChI=1S/C7H7N3O2/c1-2-7(11)12-3-6-9-4-8-5-10-6/h2,4-5H,1,3H2. The molecular weight excluding hydrogens is 158 g/mol. The second-order valence-corrected chi connectivity index (χ2v) is 1.87. The van der Waals surface area contributed by atoms with Crippen LogP contribution >= 0.6 is 0 Å². The maximum atomic E-state index is 10.6. The number of carbonyl (C=O) groups is 1. The first kappa shape index (κ1) is 8.32. The van der Waals surface area contributed by atoms with Gasteiger partial charge in [-0.3, -0.25) is 0 Å². The zero-order valence-corrected chi connectivity index (χ0v) is 6.30. The van der Waals surface area contributed by atoms with Crippen LogP contribution in [0.15, 0.2) is 25.3 Å². The molecule has 1 aromatic heterocycles. The molecule has 0 atom stereocenters. The van der Waals surface area contributed by atoms with Gasteiger partial charge >= 0.3 is 5.97 Å². The topological polar surface area (TPSA) is 65.0 Å². The van der Waals surface area contributed by atoms with Gasteiger partial charge in [-0.1, -0.05) is 6.58 Å². The second-order valence-electron chi connectivity index (χ2n) is 1.87. The van der Waals surface area contributed by atoms with Gasteiger partial charge in [0.25, 0.3) is 0 Å². The van der Waals surface area contributed by atoms with Crippen LogP contribution in [0.25, 0.3) is 0 Å². The van der Waals surface area contributed by atoms with Gasteiger partial charge in [-0.2, -0.15) is 0 Å². The van der Waals surface area contributed by atoms with Crippen LogP contribution in [0.4, 0.5) is 0 Å². The molecule has 0 unspecified atom stereocenters. The Bertz CT molecular complexity index is 273. The summed E-state index contributed by atoms with van der Waals surface area (Å²) in [4.78, 5) is 21.7. The lowest BCUT2D eigenvalue weighted by molar-refractivity contribution is -0.139. The Hall–Kier alpha value is -1.78. The fraction of sp³-hybridized carbons (Fsp3) is 0.143. The first-order valence-electron chi connectivity index (χ1n) is 3.23. The predicted octanol–water partition coefficient (Wildman–Crippen LogP) is 0.101. The molecule has 0 saturated carbocycles. The van der Waals surface area contributed by atoms with Crippen LogP contribution in [0.2, 0.25) is 0 Å². The summed E-state index contributed by atoms with van der Waals surface area (Å²) >= 11 is 0. The van der Waals surface area contributed by atoms with E-state index in [1.807, 2.05) is 0 Å². The van der Waals surface area contributed by atoms with Crippen LogP contribution in [0.3, 0.4) is 0 Å². The van der Waals surface area contributed by atoms with Crippen LogP contribution in [0, 0.1) is 0 Å². The van der Waals surface area contributed by atoms with E-state index in [1.165, 1.54) is 12.7 Å². The fourth-order valence-electron chi connectivity index (χ4n) is 0.532. The van der Waals surface area contributed by atoms with Crippen LogP contribution in [0.1, 0.15) is 5.82 Å². The molecule has 0 aliphatic heterocycles. The summed E-state index contributed by atoms with van der Waals surface area (Å²) in [6.45, 7) is 3.29. The van der Waals surface area contributed by atoms with Gasteiger partial charge in [0.2, 0.25) is 0 Å². The van der Waals surface area contributed by atoms with E-state index in [1.54, 1.807) is 0 Å². The van der Waals surface area contributed by atoms with E-state index in [2.05, 4.69) is 26.3 Å². The van der Waals surface area contributed by atoms with E-state index in [4.69, 9.17) is 0 Å². The Labute approximate surface area is 69.1 Å². The van der Waals surface area contributed by atoms with Gasteiger partial charge in [0, 0.05) is 6.08 Å². The Kier molecular flexibility index (Phi) is 2.89. The molecule has 0 fully saturated rings. The maximum Gasteiger partial charge on any atom is 0.330 e. The van der Waals surface area contributed by atoms with Crippen LogP contribution in [-0.2, 0) is 16.1 Å². The van der Waals surface area contributed by atoms with Crippen molar-refractivity contribution in [1.29, 1.82) is 0 Å². The van der Waals surface area contributed by atoms with Crippen molar-refractivity contribution in [1.82, 2.24) is 15.0 Å². The predicted molar refractivity (Wildman–Crippen MR) is 39.8 cm³/mol. The minimum Gasteiger partial charge on any atom is -0.454 e. The third-order valence-electron chi connectivity index (χ3n) is 1.06. The first-order valence-corrected chi connectivity index (χ1v) is 3.23. The van der Waals surface area contributed by atoms with Gasteiger partial charge in [-0.25, -0.2) is 19.7 Å². The number of carbonyl (C=O) groups excluding carboxylic acids is 1. The Morgan fingerprint density at radius 1 is 1.58 bits per heavy atom. The fourth-order valence-corrected chi connectivity index (χ4v) is 0.532. The van der Waals surface area contributed by atoms with E-state index in [0.717, 1.165) is 6.08 Å². The highest BCUT2D eigenvalue weighted by Crippen LogP contribution is 1.90. The lowest BCUT2D eigenvalue weighted by Crippen LogP contribution is -2.03. The van der Waals surface area contributed by atoms with Crippen molar-refractivity contribution < 1.29 is 9.53 Å². The van der Waals surface area contributed by atoms with Gasteiger partial charge in [-0.05, 0) is 0 Å². The smallest absolute Gasteiger partial charge is 0.330 e. The quantitative estimate of drug-likeness (QED) is 0.469. The van der Waals surface area contributed by atoms with Crippen molar-refractivity contribution in [2.45, 2.75) is 6.61 Å². The van der Waals surface area contributed by atoms with E-state index in [9.17, 15) is 4.79 Å². The highest BCUT2D eigenvalue weighted by Gasteiger charge is 1.98. The molecule has 0 aliphatic rings. The van der Waals surface area contributed by atoms with Crippen molar-refractivity contribution >= 4 is 5.97 Å². The molecule has 0 amide bonds. The van der Waals surface area contributed by atoms with E-state index in [-0.39, 0.29) is 6.61 Å². The van der Waals surface area contributed by atoms with E-state index >= 15 is 0 Å². The number of hydrogen-bond acceptors (Lipinski definition) is 5. The highest BCUT2D eigenvalue weighted by atomic mass is 16.5. The van der Waals surface area contributed by atoms with Crippen molar-refractivity contribution in [2.75, 3.05) is 0 Å². The Balaban J connectivity index is 2.43. The van der Waals surface area contributed by atoms with Crippen LogP contribution < -0.4 is 0 Å². The van der Waals surface area contributed by atoms with Gasteiger partial charge < -0.3 is 4.74 Å². The number of aromatic nitrogens is 3. The number of nitrogens with zero attached hydrogens (tertiary/aromatic N) is 3. The molecule has 0 spiro atoms. The molecule has 12 heavy (non-hydrogen) atoms. The molecule has 1 heterocycles. The number of hydrogen-bond donors (Lipinski definition) is 0. The second kappa shape index (κ2) is 4.17. The van der Waals surface area contributed by atoms with Crippen LogP contribution in [-0.4, -0.2) is 20.9 Å². The molecule has 0 aliphatic carbocycles. The van der Waals surface area contributed by atoms with Crippen molar-refractivity contribution in [3.05, 3.63) is 31.1 Å². The number of ether oxygens (including phenoxy) is 1. The third kappa shape index (κ3) is 2.45. The minimum atomic E-state index is -0.490. The first-order chi connectivity index (χ1) is 5.83. The Morgan fingerprint density at radius 2 is 2.25 bits per heavy atom. The summed E-state index contributed by atoms with van der Waals surface area (Å²) < 4.78 is 4.67. The molecule has 0 bridgehead atoms. The van der Waals surface area contributed by atoms with Gasteiger partial charge in [0.05, 0.1) is 0 Å². The van der Waals surface area contributed by atoms with Gasteiger partial charge in [0.1, 0.15) is 12.7 Å². The lowest BCUT2D eigenvalue weighted by atomic mass is 10.6. The SMILES string of the molecule is C=CC(=O)OCc1ncncn1. The van der Waals surface area contributed by atoms with E-state index < -0.39 is 5.97 Å². The van der Waals surface area contributed by atoms with Crippen molar-refractivity contribution in [3.8, 4) is 0 Å². The molecule has 1 rings (SSSR count). The molecule has 1 aromatic rings. The summed E-state index contributed by atoms with van der Waals surface area (Å²) in [5.41, 5.74) is 0. The molecule has 5 heteroatoms. The molecule has 5 nitrogen and oxygen atoms in total. The lowest BCUT2D eigenvalue weighted by Gasteiger charge is -1.98. The molecule has 0 saturated heterocycles.